The van der Waals surface area contributed by atoms with Crippen LogP contribution >= 0.6 is 11.8 Å². The highest BCUT2D eigenvalue weighted by Crippen LogP contribution is 2.21. The quantitative estimate of drug-likeness (QED) is 0.688. The number of hydrogen-bond acceptors (Lipinski definition) is 5. The number of rotatable bonds is 8. The highest BCUT2D eigenvalue weighted by molar-refractivity contribution is 7.99. The summed E-state index contributed by atoms with van der Waals surface area (Å²) >= 11 is 1.70. The van der Waals surface area contributed by atoms with Crippen molar-refractivity contribution in [1.82, 2.24) is 20.1 Å². The number of nitrogens with one attached hydrogen (secondary N) is 1. The van der Waals surface area contributed by atoms with Crippen molar-refractivity contribution in [1.29, 1.82) is 0 Å². The molecule has 1 fully saturated rings. The first-order valence-electron chi connectivity index (χ1n) is 9.65. The molecule has 0 aliphatic carbocycles. The van der Waals surface area contributed by atoms with Crippen molar-refractivity contribution in [3.05, 3.63) is 35.7 Å². The van der Waals surface area contributed by atoms with Crippen molar-refractivity contribution in [3.63, 3.8) is 0 Å². The van der Waals surface area contributed by atoms with E-state index in [1.807, 2.05) is 23.7 Å². The Morgan fingerprint density at radius 2 is 2.00 bits per heavy atom. The Bertz CT molecular complexity index is 832. The number of amides is 2. The largest absolute Gasteiger partial charge is 0.352 e. The minimum atomic E-state index is -0.129. The maximum atomic E-state index is 12.4. The van der Waals surface area contributed by atoms with Crippen LogP contribution in [0.5, 0.6) is 0 Å². The molecule has 28 heavy (non-hydrogen) atoms. The Kier molecular flexibility index (Phi) is 6.72. The number of nitrogens with zero attached hydrogens (tertiary/aromatic N) is 4. The van der Waals surface area contributed by atoms with Crippen LogP contribution in [0.25, 0.3) is 0 Å². The summed E-state index contributed by atoms with van der Waals surface area (Å²) in [6, 6.07) is 7.19. The van der Waals surface area contributed by atoms with Gasteiger partial charge in [-0.3, -0.25) is 9.59 Å². The van der Waals surface area contributed by atoms with Crippen molar-refractivity contribution >= 4 is 29.3 Å². The number of aromatic nitrogens is 3. The zero-order valence-electron chi connectivity index (χ0n) is 16.6. The normalized spacial score (nSPS) is 14.1. The second-order valence-electron chi connectivity index (χ2n) is 7.36. The maximum absolute atomic E-state index is 12.4. The molecule has 0 bridgehead atoms. The summed E-state index contributed by atoms with van der Waals surface area (Å²) in [4.78, 5) is 25.9. The van der Waals surface area contributed by atoms with E-state index < -0.39 is 0 Å². The zero-order valence-corrected chi connectivity index (χ0v) is 17.5. The average Bonchev–Trinajstić information content (AvgIpc) is 3.26. The fourth-order valence-electron chi connectivity index (χ4n) is 3.03. The van der Waals surface area contributed by atoms with Gasteiger partial charge in [0.15, 0.2) is 5.16 Å². The molecule has 0 spiro atoms. The van der Waals surface area contributed by atoms with Gasteiger partial charge in [0.25, 0.3) is 5.91 Å². The minimum Gasteiger partial charge on any atom is -0.352 e. The summed E-state index contributed by atoms with van der Waals surface area (Å²) in [5, 5.41) is 12.3. The number of thioether (sulfide) groups is 1. The predicted molar refractivity (Wildman–Crippen MR) is 111 cm³/mol. The molecule has 8 heteroatoms. The van der Waals surface area contributed by atoms with Crippen LogP contribution in [0.4, 0.5) is 5.69 Å². The molecule has 3 rings (SSSR count). The average molecular weight is 402 g/mol. The van der Waals surface area contributed by atoms with Crippen molar-refractivity contribution in [2.75, 3.05) is 23.7 Å². The van der Waals surface area contributed by atoms with Gasteiger partial charge in [0, 0.05) is 50.0 Å². The van der Waals surface area contributed by atoms with Gasteiger partial charge >= 0.3 is 0 Å². The number of benzene rings is 1. The molecule has 7 nitrogen and oxygen atoms in total. The molecule has 1 aliphatic rings. The van der Waals surface area contributed by atoms with Gasteiger partial charge in [0.05, 0.1) is 0 Å². The molecule has 0 unspecified atom stereocenters. The Balaban J connectivity index is 1.50. The highest BCUT2D eigenvalue weighted by Gasteiger charge is 2.21. The molecule has 1 N–H and O–H groups in total. The predicted octanol–water partition coefficient (Wildman–Crippen LogP) is 2.66. The molecule has 1 aromatic carbocycles. The third-order valence-electron chi connectivity index (χ3n) is 4.62. The highest BCUT2D eigenvalue weighted by atomic mass is 32.2. The van der Waals surface area contributed by atoms with Crippen molar-refractivity contribution in [3.8, 4) is 0 Å². The first-order chi connectivity index (χ1) is 13.5. The van der Waals surface area contributed by atoms with Crippen LogP contribution in [0.1, 0.15) is 42.9 Å². The summed E-state index contributed by atoms with van der Waals surface area (Å²) in [6.45, 7) is 5.59. The van der Waals surface area contributed by atoms with Gasteiger partial charge in [-0.05, 0) is 36.6 Å². The van der Waals surface area contributed by atoms with E-state index >= 15 is 0 Å². The molecule has 150 valence electrons. The minimum absolute atomic E-state index is 0.129. The Morgan fingerprint density at radius 1 is 1.25 bits per heavy atom. The summed E-state index contributed by atoms with van der Waals surface area (Å²) in [7, 11) is 1.96. The van der Waals surface area contributed by atoms with Crippen LogP contribution in [0.3, 0.4) is 0 Å². The molecular weight excluding hydrogens is 374 g/mol. The summed E-state index contributed by atoms with van der Waals surface area (Å²) in [5.41, 5.74) is 1.44. The molecule has 1 aromatic heterocycles. The van der Waals surface area contributed by atoms with E-state index in [-0.39, 0.29) is 11.8 Å². The SMILES string of the molecule is CC(C)CSc1nnc(CCNC(=O)c2ccc(N3CCCC3=O)cc2)n1C. The van der Waals surface area contributed by atoms with Gasteiger partial charge in [0.1, 0.15) is 5.82 Å². The lowest BCUT2D eigenvalue weighted by Gasteiger charge is -2.15. The summed E-state index contributed by atoms with van der Waals surface area (Å²) in [6.07, 6.45) is 2.11. The smallest absolute Gasteiger partial charge is 0.251 e. The number of hydrogen-bond donors (Lipinski definition) is 1. The van der Waals surface area contributed by atoms with Gasteiger partial charge in [-0.25, -0.2) is 0 Å². The molecular formula is C20H27N5O2S. The molecule has 1 saturated heterocycles. The topological polar surface area (TPSA) is 80.1 Å². The molecule has 2 heterocycles. The lowest BCUT2D eigenvalue weighted by molar-refractivity contribution is -0.117. The lowest BCUT2D eigenvalue weighted by atomic mass is 10.2. The van der Waals surface area contributed by atoms with Crippen LogP contribution in [-0.2, 0) is 18.3 Å². The Morgan fingerprint density at radius 3 is 2.64 bits per heavy atom. The van der Waals surface area contributed by atoms with Gasteiger partial charge < -0.3 is 14.8 Å². The first kappa shape index (κ1) is 20.4. The van der Waals surface area contributed by atoms with Crippen LogP contribution in [-0.4, -0.2) is 45.4 Å². The fourth-order valence-corrected chi connectivity index (χ4v) is 3.91. The Labute approximate surface area is 169 Å². The number of anilines is 1. The molecule has 0 radical (unpaired) electrons. The second-order valence-corrected chi connectivity index (χ2v) is 8.35. The van der Waals surface area contributed by atoms with E-state index in [1.165, 1.54) is 0 Å². The van der Waals surface area contributed by atoms with Crippen LogP contribution in [0.2, 0.25) is 0 Å². The lowest BCUT2D eigenvalue weighted by Crippen LogP contribution is -2.27. The van der Waals surface area contributed by atoms with E-state index in [0.29, 0.717) is 30.9 Å². The van der Waals surface area contributed by atoms with E-state index in [4.69, 9.17) is 0 Å². The third-order valence-corrected chi connectivity index (χ3v) is 6.07. The number of carbonyl (C=O) groups excluding carboxylic acids is 2. The molecule has 2 aromatic rings. The first-order valence-corrected chi connectivity index (χ1v) is 10.6. The van der Waals surface area contributed by atoms with Crippen LogP contribution in [0, 0.1) is 5.92 Å². The summed E-state index contributed by atoms with van der Waals surface area (Å²) in [5.74, 6) is 2.47. The van der Waals surface area contributed by atoms with E-state index in [2.05, 4.69) is 29.4 Å². The molecule has 0 saturated carbocycles. The second kappa shape index (κ2) is 9.23. The van der Waals surface area contributed by atoms with E-state index in [9.17, 15) is 9.59 Å². The standard InChI is InChI=1S/C20H27N5O2S/c1-14(2)13-28-20-23-22-17(24(20)3)10-11-21-19(27)15-6-8-16(9-7-15)25-12-4-5-18(25)26/h6-9,14H,4-5,10-13H2,1-3H3,(H,21,27). The molecule has 2 amide bonds. The van der Waals surface area contributed by atoms with Crippen LogP contribution in [0.15, 0.2) is 29.4 Å². The van der Waals surface area contributed by atoms with Gasteiger partial charge in [-0.1, -0.05) is 25.6 Å². The van der Waals surface area contributed by atoms with Crippen molar-refractivity contribution in [2.45, 2.75) is 38.3 Å². The third kappa shape index (κ3) is 4.92. The zero-order chi connectivity index (χ0) is 20.1. The molecule has 1 aliphatic heterocycles. The summed E-state index contributed by atoms with van der Waals surface area (Å²) < 4.78 is 1.99. The van der Waals surface area contributed by atoms with E-state index in [0.717, 1.165) is 35.4 Å². The van der Waals surface area contributed by atoms with Gasteiger partial charge in [0.2, 0.25) is 5.91 Å². The fraction of sp³-hybridized carbons (Fsp3) is 0.500. The van der Waals surface area contributed by atoms with Gasteiger partial charge in [-0.2, -0.15) is 0 Å². The van der Waals surface area contributed by atoms with Crippen molar-refractivity contribution < 1.29 is 9.59 Å². The molecule has 0 atom stereocenters. The maximum Gasteiger partial charge on any atom is 0.251 e. The Hall–Kier alpha value is -2.35. The van der Waals surface area contributed by atoms with Crippen molar-refractivity contribution in [2.24, 2.45) is 13.0 Å². The van der Waals surface area contributed by atoms with Crippen LogP contribution < -0.4 is 10.2 Å². The van der Waals surface area contributed by atoms with Gasteiger partial charge in [-0.15, -0.1) is 10.2 Å². The monoisotopic (exact) mass is 401 g/mol. The van der Waals surface area contributed by atoms with E-state index in [1.54, 1.807) is 28.8 Å². The number of carbonyl (C=O) groups is 2.